The average molecular weight is 272 g/mol. The van der Waals surface area contributed by atoms with Gasteiger partial charge in [-0.3, -0.25) is 9.59 Å². The molecular weight excluding hydrogens is 252 g/mol. The zero-order chi connectivity index (χ0) is 14.8. The third-order valence-electron chi connectivity index (χ3n) is 2.66. The molecule has 0 rings (SSSR count). The fourth-order valence-corrected chi connectivity index (χ4v) is 1.68. The normalized spacial score (nSPS) is 13.3. The number of hydrogen-bond acceptors (Lipinski definition) is 4. The van der Waals surface area contributed by atoms with Crippen LogP contribution in [-0.4, -0.2) is 34.7 Å². The Hall–Kier alpha value is -1.85. The van der Waals surface area contributed by atoms with Gasteiger partial charge in [-0.2, -0.15) is 0 Å². The van der Waals surface area contributed by atoms with E-state index in [0.717, 1.165) is 6.08 Å². The van der Waals surface area contributed by atoms with Crippen LogP contribution in [0.2, 0.25) is 0 Å². The summed E-state index contributed by atoms with van der Waals surface area (Å²) in [6.07, 6.45) is 1.99. The smallest absolute Gasteiger partial charge is 0.330 e. The minimum Gasteiger partial charge on any atom is -0.481 e. The van der Waals surface area contributed by atoms with Gasteiger partial charge >= 0.3 is 17.9 Å². The van der Waals surface area contributed by atoms with Crippen molar-refractivity contribution >= 4 is 17.9 Å². The summed E-state index contributed by atoms with van der Waals surface area (Å²) in [5, 5.41) is 17.5. The molecule has 0 fully saturated rings. The van der Waals surface area contributed by atoms with Crippen molar-refractivity contribution < 1.29 is 29.3 Å². The van der Waals surface area contributed by atoms with E-state index in [1.165, 1.54) is 0 Å². The molecule has 0 aliphatic rings. The molecule has 6 heteroatoms. The molecule has 108 valence electrons. The molecule has 0 aliphatic carbocycles. The van der Waals surface area contributed by atoms with Gasteiger partial charge < -0.3 is 14.9 Å². The van der Waals surface area contributed by atoms with E-state index in [4.69, 9.17) is 14.9 Å². The van der Waals surface area contributed by atoms with Crippen LogP contribution in [0.3, 0.4) is 0 Å². The molecule has 0 aromatic rings. The van der Waals surface area contributed by atoms with Crippen molar-refractivity contribution in [3.63, 3.8) is 0 Å². The van der Waals surface area contributed by atoms with E-state index in [1.807, 2.05) is 0 Å². The van der Waals surface area contributed by atoms with Crippen LogP contribution in [0.25, 0.3) is 0 Å². The van der Waals surface area contributed by atoms with E-state index in [-0.39, 0.29) is 18.9 Å². The van der Waals surface area contributed by atoms with Crippen molar-refractivity contribution in [3.8, 4) is 0 Å². The van der Waals surface area contributed by atoms with Gasteiger partial charge in [-0.1, -0.05) is 13.5 Å². The highest BCUT2D eigenvalue weighted by Gasteiger charge is 2.21. The van der Waals surface area contributed by atoms with Crippen molar-refractivity contribution in [1.82, 2.24) is 0 Å². The molecule has 2 unspecified atom stereocenters. The number of carboxylic acid groups (broad SMARTS) is 2. The number of ether oxygens (including phenoxy) is 1. The number of carbonyl (C=O) groups excluding carboxylic acids is 1. The Morgan fingerprint density at radius 3 is 2.42 bits per heavy atom. The zero-order valence-electron chi connectivity index (χ0n) is 11.0. The molecular formula is C13H20O6. The Balaban J connectivity index is 4.11. The van der Waals surface area contributed by atoms with Crippen molar-refractivity contribution in [2.75, 3.05) is 6.61 Å². The van der Waals surface area contributed by atoms with E-state index < -0.39 is 23.8 Å². The van der Waals surface area contributed by atoms with Crippen molar-refractivity contribution in [1.29, 1.82) is 0 Å². The molecule has 0 aromatic carbocycles. The fraction of sp³-hybridized carbons (Fsp3) is 0.615. The SMILES string of the molecule is C=CC(=O)OCC(C)CC(CCCC(=O)O)C(=O)O. The van der Waals surface area contributed by atoms with E-state index >= 15 is 0 Å². The molecule has 0 spiro atoms. The van der Waals surface area contributed by atoms with Crippen LogP contribution < -0.4 is 0 Å². The molecule has 19 heavy (non-hydrogen) atoms. The zero-order valence-corrected chi connectivity index (χ0v) is 11.0. The van der Waals surface area contributed by atoms with Crippen LogP contribution >= 0.6 is 0 Å². The van der Waals surface area contributed by atoms with Gasteiger partial charge in [-0.05, 0) is 25.2 Å². The first kappa shape index (κ1) is 17.2. The lowest BCUT2D eigenvalue weighted by Crippen LogP contribution is -2.20. The van der Waals surface area contributed by atoms with Gasteiger partial charge in [0.05, 0.1) is 12.5 Å². The average Bonchev–Trinajstić information content (AvgIpc) is 2.34. The lowest BCUT2D eigenvalue weighted by atomic mass is 9.92. The first-order valence-corrected chi connectivity index (χ1v) is 6.10. The highest BCUT2D eigenvalue weighted by molar-refractivity contribution is 5.81. The molecule has 0 radical (unpaired) electrons. The van der Waals surface area contributed by atoms with Crippen molar-refractivity contribution in [3.05, 3.63) is 12.7 Å². The second-order valence-electron chi connectivity index (χ2n) is 4.50. The maximum atomic E-state index is 11.0. The molecule has 2 atom stereocenters. The van der Waals surface area contributed by atoms with Crippen LogP contribution in [0, 0.1) is 11.8 Å². The first-order chi connectivity index (χ1) is 8.86. The Kier molecular flexibility index (Phi) is 8.24. The van der Waals surface area contributed by atoms with Crippen molar-refractivity contribution in [2.24, 2.45) is 11.8 Å². The third-order valence-corrected chi connectivity index (χ3v) is 2.66. The predicted octanol–water partition coefficient (Wildman–Crippen LogP) is 1.70. The second-order valence-corrected chi connectivity index (χ2v) is 4.50. The van der Waals surface area contributed by atoms with Crippen LogP contribution in [0.1, 0.15) is 32.6 Å². The maximum Gasteiger partial charge on any atom is 0.330 e. The summed E-state index contributed by atoms with van der Waals surface area (Å²) in [6.45, 7) is 5.17. The molecule has 0 bridgehead atoms. The molecule has 0 heterocycles. The van der Waals surface area contributed by atoms with Crippen LogP contribution in [0.5, 0.6) is 0 Å². The number of hydrogen-bond donors (Lipinski definition) is 2. The summed E-state index contributed by atoms with van der Waals surface area (Å²) in [6, 6.07) is 0. The molecule has 0 saturated carbocycles. The molecule has 0 saturated heterocycles. The van der Waals surface area contributed by atoms with Crippen LogP contribution in [0.15, 0.2) is 12.7 Å². The minimum atomic E-state index is -0.952. The van der Waals surface area contributed by atoms with Gasteiger partial charge in [0.15, 0.2) is 0 Å². The van der Waals surface area contributed by atoms with Gasteiger partial charge in [-0.15, -0.1) is 0 Å². The number of esters is 1. The summed E-state index contributed by atoms with van der Waals surface area (Å²) in [7, 11) is 0. The van der Waals surface area contributed by atoms with Gasteiger partial charge in [0.1, 0.15) is 0 Å². The summed E-state index contributed by atoms with van der Waals surface area (Å²) < 4.78 is 4.83. The topological polar surface area (TPSA) is 101 Å². The maximum absolute atomic E-state index is 11.0. The largest absolute Gasteiger partial charge is 0.481 e. The van der Waals surface area contributed by atoms with E-state index in [1.54, 1.807) is 6.92 Å². The van der Waals surface area contributed by atoms with Gasteiger partial charge in [0.2, 0.25) is 0 Å². The van der Waals surface area contributed by atoms with Crippen molar-refractivity contribution in [2.45, 2.75) is 32.6 Å². The lowest BCUT2D eigenvalue weighted by molar-refractivity contribution is -0.144. The monoisotopic (exact) mass is 272 g/mol. The Morgan fingerprint density at radius 1 is 1.32 bits per heavy atom. The number of aliphatic carboxylic acids is 2. The molecule has 0 amide bonds. The molecule has 6 nitrogen and oxygen atoms in total. The number of carbonyl (C=O) groups is 3. The van der Waals surface area contributed by atoms with Gasteiger partial charge in [0.25, 0.3) is 0 Å². The van der Waals surface area contributed by atoms with Crippen LogP contribution in [0.4, 0.5) is 0 Å². The quantitative estimate of drug-likeness (QED) is 0.463. The molecule has 0 aromatic heterocycles. The van der Waals surface area contributed by atoms with Gasteiger partial charge in [-0.25, -0.2) is 4.79 Å². The second kappa shape index (κ2) is 9.13. The Morgan fingerprint density at radius 2 is 1.95 bits per heavy atom. The fourth-order valence-electron chi connectivity index (χ4n) is 1.68. The van der Waals surface area contributed by atoms with E-state index in [2.05, 4.69) is 6.58 Å². The highest BCUT2D eigenvalue weighted by atomic mass is 16.5. The molecule has 2 N–H and O–H groups in total. The van der Waals surface area contributed by atoms with E-state index in [9.17, 15) is 14.4 Å². The standard InChI is InChI=1S/C13H20O6/c1-3-12(16)19-8-9(2)7-10(13(17)18)5-4-6-11(14)15/h3,9-10H,1,4-8H2,2H3,(H,14,15)(H,17,18). The van der Waals surface area contributed by atoms with Crippen LogP contribution in [-0.2, 0) is 19.1 Å². The number of rotatable bonds is 10. The summed E-state index contributed by atoms with van der Waals surface area (Å²) in [5.41, 5.74) is 0. The minimum absolute atomic E-state index is 0.0381. The summed E-state index contributed by atoms with van der Waals surface area (Å²) in [5.74, 6) is -3.14. The number of carboxylic acids is 2. The first-order valence-electron chi connectivity index (χ1n) is 6.10. The lowest BCUT2D eigenvalue weighted by Gasteiger charge is -2.17. The summed E-state index contributed by atoms with van der Waals surface area (Å²) in [4.78, 5) is 32.3. The highest BCUT2D eigenvalue weighted by Crippen LogP contribution is 2.19. The molecule has 0 aliphatic heterocycles. The summed E-state index contributed by atoms with van der Waals surface area (Å²) >= 11 is 0. The third kappa shape index (κ3) is 8.82. The van der Waals surface area contributed by atoms with E-state index in [0.29, 0.717) is 19.3 Å². The Labute approximate surface area is 112 Å². The predicted molar refractivity (Wildman–Crippen MR) is 67.5 cm³/mol. The van der Waals surface area contributed by atoms with Gasteiger partial charge in [0, 0.05) is 12.5 Å². The Bertz CT molecular complexity index is 336.